The Morgan fingerprint density at radius 1 is 1.12 bits per heavy atom. The molecule has 0 saturated carbocycles. The molecule has 6 rings (SSSR count). The first kappa shape index (κ1) is 29.0. The number of aryl methyl sites for hydroxylation is 1. The van der Waals surface area contributed by atoms with Crippen LogP contribution >= 0.6 is 0 Å². The first-order valence-corrected chi connectivity index (χ1v) is 15.0. The second kappa shape index (κ2) is 12.3. The molecule has 43 heavy (non-hydrogen) atoms. The molecular weight excluding hydrogens is 550 g/mol. The van der Waals surface area contributed by atoms with Crippen LogP contribution < -0.4 is 9.64 Å². The van der Waals surface area contributed by atoms with Gasteiger partial charge in [-0.1, -0.05) is 24.8 Å². The SMILES string of the molecule is [C-]#[N+]C[C@H]1CN(c2nc(OC[C@@H]3CCCN3C)nc3cc(-c4cccc5c4CCCC5)c(F)cc23)CCN1C(=O)C(=C)F. The lowest BCUT2D eigenvalue weighted by Crippen LogP contribution is -2.56. The van der Waals surface area contributed by atoms with Gasteiger partial charge in [0, 0.05) is 36.6 Å². The molecule has 2 atom stereocenters. The zero-order valence-corrected chi connectivity index (χ0v) is 24.5. The minimum atomic E-state index is -1.05. The molecule has 0 unspecified atom stereocenters. The maximum absolute atomic E-state index is 16.0. The minimum absolute atomic E-state index is 0.00641. The van der Waals surface area contributed by atoms with Crippen molar-refractivity contribution in [2.24, 2.45) is 0 Å². The lowest BCUT2D eigenvalue weighted by Gasteiger charge is -2.39. The summed E-state index contributed by atoms with van der Waals surface area (Å²) in [6, 6.07) is 9.26. The molecule has 2 aliphatic heterocycles. The second-order valence-corrected chi connectivity index (χ2v) is 11.8. The number of carbonyl (C=O) groups excluding carboxylic acids is 1. The number of nitrogens with zero attached hydrogens (tertiary/aromatic N) is 6. The van der Waals surface area contributed by atoms with E-state index in [2.05, 4.69) is 29.4 Å². The number of hydrogen-bond donors (Lipinski definition) is 0. The number of amides is 1. The summed E-state index contributed by atoms with van der Waals surface area (Å²) in [5.74, 6) is -1.76. The van der Waals surface area contributed by atoms with Gasteiger partial charge in [0.25, 0.3) is 5.91 Å². The van der Waals surface area contributed by atoms with Crippen molar-refractivity contribution in [2.75, 3.05) is 51.3 Å². The molecular formula is C33H36F2N6O2. The molecule has 0 bridgehead atoms. The van der Waals surface area contributed by atoms with Crippen molar-refractivity contribution in [2.45, 2.75) is 50.6 Å². The third kappa shape index (κ3) is 5.78. The second-order valence-electron chi connectivity index (χ2n) is 11.8. The highest BCUT2D eigenvalue weighted by atomic mass is 19.1. The molecule has 3 heterocycles. The topological polar surface area (TPSA) is 66.2 Å². The fraction of sp³-hybridized carbons (Fsp3) is 0.455. The van der Waals surface area contributed by atoms with Gasteiger partial charge in [0.05, 0.1) is 5.52 Å². The fourth-order valence-electron chi connectivity index (χ4n) is 6.75. The quantitative estimate of drug-likeness (QED) is 0.280. The van der Waals surface area contributed by atoms with Gasteiger partial charge in [-0.25, -0.2) is 15.4 Å². The third-order valence-electron chi connectivity index (χ3n) is 9.08. The zero-order chi connectivity index (χ0) is 30.1. The van der Waals surface area contributed by atoms with Gasteiger partial charge < -0.3 is 24.3 Å². The first-order valence-electron chi connectivity index (χ1n) is 15.0. The Bertz CT molecular complexity index is 1600. The number of fused-ring (bicyclic) bond motifs is 2. The number of hydrogen-bond acceptors (Lipinski definition) is 6. The average molecular weight is 587 g/mol. The van der Waals surface area contributed by atoms with Gasteiger partial charge in [0.15, 0.2) is 5.83 Å². The number of piperazine rings is 1. The molecule has 3 aliphatic rings. The van der Waals surface area contributed by atoms with Gasteiger partial charge in [-0.2, -0.15) is 9.97 Å². The van der Waals surface area contributed by atoms with Crippen molar-refractivity contribution in [1.29, 1.82) is 0 Å². The van der Waals surface area contributed by atoms with Crippen molar-refractivity contribution in [3.8, 4) is 17.1 Å². The van der Waals surface area contributed by atoms with E-state index in [4.69, 9.17) is 21.3 Å². The van der Waals surface area contributed by atoms with E-state index in [9.17, 15) is 9.18 Å². The van der Waals surface area contributed by atoms with Gasteiger partial charge in [-0.15, -0.1) is 0 Å². The summed E-state index contributed by atoms with van der Waals surface area (Å²) in [6.45, 7) is 12.7. The van der Waals surface area contributed by atoms with Crippen molar-refractivity contribution in [3.05, 3.63) is 71.1 Å². The normalized spacial score (nSPS) is 20.6. The monoisotopic (exact) mass is 586 g/mol. The summed E-state index contributed by atoms with van der Waals surface area (Å²) in [4.78, 5) is 31.0. The van der Waals surface area contributed by atoms with Gasteiger partial charge in [-0.3, -0.25) is 4.79 Å². The Morgan fingerprint density at radius 3 is 2.72 bits per heavy atom. The molecule has 1 aromatic heterocycles. The van der Waals surface area contributed by atoms with Gasteiger partial charge in [0.2, 0.25) is 6.54 Å². The predicted octanol–water partition coefficient (Wildman–Crippen LogP) is 5.21. The number of benzene rings is 2. The maximum Gasteiger partial charge on any atom is 0.319 e. The van der Waals surface area contributed by atoms with Crippen molar-refractivity contribution in [3.63, 3.8) is 0 Å². The molecule has 10 heteroatoms. The van der Waals surface area contributed by atoms with E-state index < -0.39 is 17.8 Å². The van der Waals surface area contributed by atoms with Crippen LogP contribution in [0.3, 0.4) is 0 Å². The fourth-order valence-corrected chi connectivity index (χ4v) is 6.75. The van der Waals surface area contributed by atoms with Crippen LogP contribution in [0.5, 0.6) is 6.01 Å². The number of halogens is 2. The summed E-state index contributed by atoms with van der Waals surface area (Å²) in [7, 11) is 2.08. The largest absolute Gasteiger partial charge is 0.462 e. The molecule has 224 valence electrons. The van der Waals surface area contributed by atoms with E-state index >= 15 is 4.39 Å². The Kier molecular flexibility index (Phi) is 8.26. The van der Waals surface area contributed by atoms with Crippen LogP contribution in [-0.2, 0) is 17.6 Å². The number of anilines is 1. The Labute approximate surface area is 250 Å². The number of rotatable bonds is 7. The zero-order valence-electron chi connectivity index (χ0n) is 24.5. The van der Waals surface area contributed by atoms with Crippen molar-refractivity contribution >= 4 is 22.6 Å². The summed E-state index contributed by atoms with van der Waals surface area (Å²) >= 11 is 0. The summed E-state index contributed by atoms with van der Waals surface area (Å²) in [5, 5.41) is 0.521. The summed E-state index contributed by atoms with van der Waals surface area (Å²) in [5.41, 5.74) is 4.41. The van der Waals surface area contributed by atoms with Crippen LogP contribution in [0.15, 0.2) is 42.7 Å². The number of likely N-dealkylation sites (tertiary alicyclic amines) is 1. The van der Waals surface area contributed by atoms with Crippen LogP contribution in [0.25, 0.3) is 26.9 Å². The molecule has 0 spiro atoms. The Hall–Kier alpha value is -4.10. The molecule has 2 saturated heterocycles. The molecule has 3 aromatic rings. The average Bonchev–Trinajstić information content (AvgIpc) is 3.43. The van der Waals surface area contributed by atoms with Crippen LogP contribution in [0, 0.1) is 12.4 Å². The highest BCUT2D eigenvalue weighted by Crippen LogP contribution is 2.37. The van der Waals surface area contributed by atoms with Crippen LogP contribution in [-0.4, -0.2) is 84.1 Å². The molecule has 0 N–H and O–H groups in total. The lowest BCUT2D eigenvalue weighted by molar-refractivity contribution is -0.131. The molecule has 8 nitrogen and oxygen atoms in total. The van der Waals surface area contributed by atoms with Gasteiger partial charge in [-0.05, 0) is 80.9 Å². The summed E-state index contributed by atoms with van der Waals surface area (Å²) < 4.78 is 36.0. The number of carbonyl (C=O) groups is 1. The first-order chi connectivity index (χ1) is 20.8. The maximum atomic E-state index is 16.0. The van der Waals surface area contributed by atoms with Crippen LogP contribution in [0.4, 0.5) is 14.6 Å². The standard InChI is InChI=1S/C33H36F2N6O2/c1-21(34)32(42)41-15-14-40(19-24(41)18-36-2)31-28-16-29(35)27(26-12-6-9-22-8-4-5-11-25(22)26)17-30(28)37-33(38-31)43-20-23-10-7-13-39(23)3/h6,9,12,16-17,23-24H,1,4-5,7-8,10-11,13-15,18-20H2,3H3/t23-,24-/m0/s1. The van der Waals surface area contributed by atoms with Gasteiger partial charge in [0.1, 0.15) is 24.3 Å². The molecule has 2 aromatic carbocycles. The summed E-state index contributed by atoms with van der Waals surface area (Å²) in [6.07, 6.45) is 6.26. The predicted molar refractivity (Wildman–Crippen MR) is 162 cm³/mol. The van der Waals surface area contributed by atoms with Gasteiger partial charge >= 0.3 is 6.01 Å². The highest BCUT2D eigenvalue weighted by molar-refractivity contribution is 5.94. The van der Waals surface area contributed by atoms with E-state index in [0.29, 0.717) is 35.4 Å². The molecule has 0 radical (unpaired) electrons. The van der Waals surface area contributed by atoms with Crippen molar-refractivity contribution in [1.82, 2.24) is 19.8 Å². The van der Waals surface area contributed by atoms with Crippen LogP contribution in [0.2, 0.25) is 0 Å². The van der Waals surface area contributed by atoms with Crippen molar-refractivity contribution < 1.29 is 18.3 Å². The smallest absolute Gasteiger partial charge is 0.319 e. The third-order valence-corrected chi connectivity index (χ3v) is 9.08. The van der Waals surface area contributed by atoms with E-state index in [1.165, 1.54) is 22.1 Å². The Balaban J connectivity index is 1.41. The highest BCUT2D eigenvalue weighted by Gasteiger charge is 2.35. The van der Waals surface area contributed by atoms with Crippen LogP contribution in [0.1, 0.15) is 36.8 Å². The number of likely N-dealkylation sites (N-methyl/N-ethyl adjacent to an activating group) is 1. The molecule has 2 fully saturated rings. The van der Waals surface area contributed by atoms with E-state index in [1.807, 2.05) is 17.0 Å². The Morgan fingerprint density at radius 2 is 1.95 bits per heavy atom. The molecule has 1 aliphatic carbocycles. The lowest BCUT2D eigenvalue weighted by atomic mass is 9.85. The minimum Gasteiger partial charge on any atom is -0.462 e. The van der Waals surface area contributed by atoms with E-state index in [0.717, 1.165) is 50.6 Å². The molecule has 1 amide bonds. The number of ether oxygens (including phenoxy) is 1. The number of aromatic nitrogens is 2. The van der Waals surface area contributed by atoms with E-state index in [1.54, 1.807) is 6.07 Å². The van der Waals surface area contributed by atoms with E-state index in [-0.39, 0.29) is 37.5 Å².